The molecule has 72 heavy (non-hydrogen) atoms. The van der Waals surface area contributed by atoms with E-state index >= 15 is 0 Å². The summed E-state index contributed by atoms with van der Waals surface area (Å²) in [5.41, 5.74) is 3.07. The maximum atomic E-state index is 14.0. The number of unbranched alkanes of at least 4 members (excludes halogenated alkanes) is 9. The number of hydrogen-bond donors (Lipinski definition) is 1. The van der Waals surface area contributed by atoms with E-state index in [0.717, 1.165) is 82.8 Å². The Bertz CT molecular complexity index is 2580. The molecule has 0 aliphatic rings. The molecule has 16 heteroatoms. The van der Waals surface area contributed by atoms with Gasteiger partial charge >= 0.3 is 23.9 Å². The molecule has 5 rings (SSSR count). The minimum absolute atomic E-state index is 0.0209. The Hall–Kier alpha value is -8.14. The van der Waals surface area contributed by atoms with Crippen molar-refractivity contribution in [2.45, 2.75) is 77.0 Å². The van der Waals surface area contributed by atoms with Gasteiger partial charge in [0.25, 0.3) is 5.69 Å². The van der Waals surface area contributed by atoms with E-state index in [1.807, 2.05) is 12.1 Å². The maximum absolute atomic E-state index is 14.0. The molecule has 0 saturated heterocycles. The van der Waals surface area contributed by atoms with Crippen LogP contribution in [-0.2, 0) is 23.8 Å². The fraction of sp³-hybridized carbons (Fsp3) is 0.321. The van der Waals surface area contributed by atoms with Crippen molar-refractivity contribution in [1.82, 2.24) is 0 Å². The highest BCUT2D eigenvalue weighted by molar-refractivity contribution is 6.07. The molecule has 0 heterocycles. The van der Waals surface area contributed by atoms with E-state index in [4.69, 9.17) is 28.4 Å². The standard InChI is InChI=1S/C56H61N3O13/c1-3-52(60)70-36-14-8-5-11-33-67-47-27-17-41(18-28-47)43-39-50(55(62)63)54(42-19-29-48(30-20-42)68-34-12-6-9-15-37-71-53(61)4-2)51(40-43)56(64)72-38-16-10-7-13-35-69-49-31-23-45(24-32-49)58-57-44-21-25-46(26-22-44)59(65)66/h3-4,17-32,39-40H,1-2,5-16,33-38H2,(H,62,63). The largest absolute Gasteiger partial charge is 0.494 e. The maximum Gasteiger partial charge on any atom is 0.338 e. The number of carboxylic acids is 1. The van der Waals surface area contributed by atoms with Crippen LogP contribution in [0.2, 0.25) is 0 Å². The van der Waals surface area contributed by atoms with Gasteiger partial charge in [-0.3, -0.25) is 10.1 Å². The van der Waals surface area contributed by atoms with Crippen LogP contribution in [0.4, 0.5) is 17.1 Å². The van der Waals surface area contributed by atoms with E-state index in [1.54, 1.807) is 72.8 Å². The molecule has 5 aromatic carbocycles. The Labute approximate surface area is 419 Å². The summed E-state index contributed by atoms with van der Waals surface area (Å²) < 4.78 is 33.6. The van der Waals surface area contributed by atoms with Gasteiger partial charge in [-0.1, -0.05) is 37.4 Å². The van der Waals surface area contributed by atoms with Crippen molar-refractivity contribution in [2.75, 3.05) is 39.6 Å². The van der Waals surface area contributed by atoms with Gasteiger partial charge in [-0.2, -0.15) is 10.2 Å². The van der Waals surface area contributed by atoms with Gasteiger partial charge in [0.1, 0.15) is 17.2 Å². The number of non-ortho nitro benzene ring substituents is 1. The highest BCUT2D eigenvalue weighted by Crippen LogP contribution is 2.35. The molecule has 16 nitrogen and oxygen atoms in total. The predicted molar refractivity (Wildman–Crippen MR) is 272 cm³/mol. The second-order valence-corrected chi connectivity index (χ2v) is 16.4. The highest BCUT2D eigenvalue weighted by atomic mass is 16.6. The first-order valence-corrected chi connectivity index (χ1v) is 24.1. The van der Waals surface area contributed by atoms with Crippen LogP contribution in [0, 0.1) is 10.1 Å². The molecule has 5 aromatic rings. The summed E-state index contributed by atoms with van der Waals surface area (Å²) in [5.74, 6) is -0.809. The third-order valence-corrected chi connectivity index (χ3v) is 11.1. The molecule has 1 N–H and O–H groups in total. The van der Waals surface area contributed by atoms with Crippen molar-refractivity contribution in [3.63, 3.8) is 0 Å². The zero-order valence-electron chi connectivity index (χ0n) is 40.4. The Morgan fingerprint density at radius 1 is 0.486 bits per heavy atom. The van der Waals surface area contributed by atoms with E-state index < -0.39 is 28.8 Å². The van der Waals surface area contributed by atoms with E-state index in [0.29, 0.717) is 84.8 Å². The summed E-state index contributed by atoms with van der Waals surface area (Å²) in [7, 11) is 0. The number of nitro benzene ring substituents is 1. The van der Waals surface area contributed by atoms with Crippen molar-refractivity contribution in [2.24, 2.45) is 10.2 Å². The van der Waals surface area contributed by atoms with Crippen LogP contribution in [0.5, 0.6) is 17.2 Å². The first kappa shape index (κ1) is 54.8. The molecule has 0 aliphatic heterocycles. The van der Waals surface area contributed by atoms with Crippen molar-refractivity contribution < 1.29 is 57.6 Å². The van der Waals surface area contributed by atoms with Crippen molar-refractivity contribution in [3.05, 3.63) is 156 Å². The third-order valence-electron chi connectivity index (χ3n) is 11.1. The van der Waals surface area contributed by atoms with Crippen LogP contribution in [0.15, 0.2) is 145 Å². The lowest BCUT2D eigenvalue weighted by Gasteiger charge is -2.16. The lowest BCUT2D eigenvalue weighted by atomic mass is 9.90. The lowest BCUT2D eigenvalue weighted by molar-refractivity contribution is -0.384. The molecular formula is C56H61N3O13. The van der Waals surface area contributed by atoms with Gasteiger partial charge < -0.3 is 33.5 Å². The number of carbonyl (C=O) groups is 4. The summed E-state index contributed by atoms with van der Waals surface area (Å²) >= 11 is 0. The number of rotatable bonds is 33. The van der Waals surface area contributed by atoms with Crippen LogP contribution in [0.25, 0.3) is 22.3 Å². The van der Waals surface area contributed by atoms with Crippen LogP contribution in [-0.4, -0.2) is 73.5 Å². The highest BCUT2D eigenvalue weighted by Gasteiger charge is 2.24. The number of nitrogens with zero attached hydrogens (tertiary/aromatic N) is 3. The molecule has 0 saturated carbocycles. The number of carbonyl (C=O) groups excluding carboxylic acids is 3. The molecule has 0 radical (unpaired) electrons. The topological polar surface area (TPSA) is 212 Å². The smallest absolute Gasteiger partial charge is 0.338 e. The summed E-state index contributed by atoms with van der Waals surface area (Å²) in [6, 6.07) is 30.3. The van der Waals surface area contributed by atoms with Crippen LogP contribution in [0.3, 0.4) is 0 Å². The molecule has 0 fully saturated rings. The van der Waals surface area contributed by atoms with Gasteiger partial charge in [-0.05, 0) is 167 Å². The Morgan fingerprint density at radius 2 is 0.861 bits per heavy atom. The Balaban J connectivity index is 1.16. The number of carboxylic acid groups (broad SMARTS) is 1. The van der Waals surface area contributed by atoms with Crippen molar-refractivity contribution in [1.29, 1.82) is 0 Å². The van der Waals surface area contributed by atoms with Gasteiger partial charge in [0.05, 0.1) is 67.1 Å². The van der Waals surface area contributed by atoms with Crippen LogP contribution < -0.4 is 14.2 Å². The fourth-order valence-corrected chi connectivity index (χ4v) is 7.23. The van der Waals surface area contributed by atoms with Gasteiger partial charge in [0, 0.05) is 29.8 Å². The number of hydrogen-bond acceptors (Lipinski definition) is 14. The molecule has 0 aromatic heterocycles. The molecule has 0 unspecified atom stereocenters. The Kier molecular flexibility index (Phi) is 23.2. The van der Waals surface area contributed by atoms with E-state index in [9.17, 15) is 34.4 Å². The summed E-state index contributed by atoms with van der Waals surface area (Å²) in [6.45, 7) is 9.04. The molecule has 0 aliphatic carbocycles. The summed E-state index contributed by atoms with van der Waals surface area (Å²) in [6.07, 6.45) is 11.9. The fourth-order valence-electron chi connectivity index (χ4n) is 7.23. The average Bonchev–Trinajstić information content (AvgIpc) is 3.40. The number of nitro groups is 1. The quantitative estimate of drug-likeness (QED) is 0.00789. The number of benzene rings is 5. The second-order valence-electron chi connectivity index (χ2n) is 16.4. The van der Waals surface area contributed by atoms with E-state index in [2.05, 4.69) is 23.4 Å². The first-order valence-electron chi connectivity index (χ1n) is 24.1. The van der Waals surface area contributed by atoms with Gasteiger partial charge in [0.2, 0.25) is 0 Å². The zero-order valence-corrected chi connectivity index (χ0v) is 40.4. The summed E-state index contributed by atoms with van der Waals surface area (Å²) in [4.78, 5) is 59.8. The normalized spacial score (nSPS) is 10.8. The third kappa shape index (κ3) is 19.0. The molecule has 0 bridgehead atoms. The van der Waals surface area contributed by atoms with Gasteiger partial charge in [-0.25, -0.2) is 19.2 Å². The Morgan fingerprint density at radius 3 is 1.28 bits per heavy atom. The van der Waals surface area contributed by atoms with E-state index in [1.165, 1.54) is 24.3 Å². The van der Waals surface area contributed by atoms with Crippen LogP contribution >= 0.6 is 0 Å². The number of aromatic carboxylic acids is 1. The van der Waals surface area contributed by atoms with Gasteiger partial charge in [-0.15, -0.1) is 0 Å². The van der Waals surface area contributed by atoms with Crippen LogP contribution in [0.1, 0.15) is 97.8 Å². The predicted octanol–water partition coefficient (Wildman–Crippen LogP) is 13.2. The summed E-state index contributed by atoms with van der Waals surface area (Å²) in [5, 5.41) is 29.7. The second kappa shape index (κ2) is 30.5. The van der Waals surface area contributed by atoms with Gasteiger partial charge in [0.15, 0.2) is 0 Å². The molecule has 378 valence electrons. The first-order chi connectivity index (χ1) is 35.0. The zero-order chi connectivity index (χ0) is 51.3. The molecule has 0 atom stereocenters. The number of esters is 3. The number of azo groups is 1. The lowest BCUT2D eigenvalue weighted by Crippen LogP contribution is -2.12. The minimum atomic E-state index is -1.21. The van der Waals surface area contributed by atoms with E-state index in [-0.39, 0.29) is 29.0 Å². The average molecular weight is 984 g/mol. The monoisotopic (exact) mass is 983 g/mol. The molecule has 0 amide bonds. The molecular weight excluding hydrogens is 923 g/mol. The molecule has 0 spiro atoms. The minimum Gasteiger partial charge on any atom is -0.494 e. The van der Waals surface area contributed by atoms with Crippen molar-refractivity contribution in [3.8, 4) is 39.5 Å². The SMILES string of the molecule is C=CC(=O)OCCCCCCOc1ccc(-c2cc(C(=O)O)c(-c3ccc(OCCCCCCOC(=O)C=C)cc3)c(C(=O)OCCCCCCOc3ccc(N=Nc4ccc([N+](=O)[O-])cc4)cc3)c2)cc1. The van der Waals surface area contributed by atoms with Crippen molar-refractivity contribution >= 4 is 40.9 Å². The number of ether oxygens (including phenoxy) is 6.